The van der Waals surface area contributed by atoms with Crippen molar-refractivity contribution in [3.05, 3.63) is 17.0 Å². The molecule has 1 aromatic rings. The van der Waals surface area contributed by atoms with Gasteiger partial charge in [-0.25, -0.2) is 0 Å². The first-order valence-electron chi connectivity index (χ1n) is 5.93. The third-order valence-electron chi connectivity index (χ3n) is 3.18. The molecule has 0 aromatic carbocycles. The predicted molar refractivity (Wildman–Crippen MR) is 68.8 cm³/mol. The second kappa shape index (κ2) is 5.62. The number of aryl methyl sites for hydroxylation is 2. The highest BCUT2D eigenvalue weighted by Crippen LogP contribution is 2.24. The number of aliphatic hydroxyl groups excluding tert-OH is 1. The third-order valence-corrected chi connectivity index (χ3v) is 3.18. The molecular weight excluding hydrogens is 216 g/mol. The molecule has 0 aliphatic carbocycles. The molecule has 0 aliphatic heterocycles. The van der Waals surface area contributed by atoms with Crippen molar-refractivity contribution in [2.24, 2.45) is 12.8 Å². The summed E-state index contributed by atoms with van der Waals surface area (Å²) < 4.78 is 1.78. The highest BCUT2D eigenvalue weighted by Gasteiger charge is 2.23. The van der Waals surface area contributed by atoms with Gasteiger partial charge < -0.3 is 15.7 Å². The normalized spacial score (nSPS) is 15.3. The number of nitrogens with two attached hydrogens (primary N) is 1. The molecule has 0 bridgehead atoms. The molecule has 0 amide bonds. The van der Waals surface area contributed by atoms with Gasteiger partial charge in [0.1, 0.15) is 0 Å². The van der Waals surface area contributed by atoms with Gasteiger partial charge in [-0.2, -0.15) is 5.10 Å². The molecule has 0 saturated carbocycles. The van der Waals surface area contributed by atoms with Gasteiger partial charge in [0.2, 0.25) is 0 Å². The summed E-state index contributed by atoms with van der Waals surface area (Å²) in [5, 5.41) is 14.6. The van der Waals surface area contributed by atoms with Crippen molar-refractivity contribution < 1.29 is 5.11 Å². The summed E-state index contributed by atoms with van der Waals surface area (Å²) in [6, 6.07) is -0.251. The molecular formula is C12H24N4O. The molecule has 1 rings (SSSR count). The fourth-order valence-electron chi connectivity index (χ4n) is 2.00. The van der Waals surface area contributed by atoms with Crippen molar-refractivity contribution in [3.8, 4) is 0 Å². The standard InChI is InChI=1S/C12H24N4O/c1-8-11(9(2)16(5)14-8)12(17)10(13)6-7-15(3)4/h10,12,17H,6-7,13H2,1-5H3. The molecule has 5 heteroatoms. The summed E-state index contributed by atoms with van der Waals surface area (Å²) in [5.74, 6) is 0. The first kappa shape index (κ1) is 14.2. The Morgan fingerprint density at radius 3 is 2.41 bits per heavy atom. The molecule has 17 heavy (non-hydrogen) atoms. The Labute approximate surface area is 103 Å². The van der Waals surface area contributed by atoms with Crippen LogP contribution in [0.1, 0.15) is 29.5 Å². The van der Waals surface area contributed by atoms with Crippen LogP contribution < -0.4 is 5.73 Å². The molecule has 3 N–H and O–H groups in total. The molecule has 0 fully saturated rings. The minimum absolute atomic E-state index is 0.251. The van der Waals surface area contributed by atoms with Crippen molar-refractivity contribution in [1.29, 1.82) is 0 Å². The van der Waals surface area contributed by atoms with Crippen molar-refractivity contribution >= 4 is 0 Å². The van der Waals surface area contributed by atoms with E-state index in [9.17, 15) is 5.11 Å². The van der Waals surface area contributed by atoms with Gasteiger partial charge in [-0.05, 0) is 40.9 Å². The van der Waals surface area contributed by atoms with E-state index in [0.717, 1.165) is 29.9 Å². The lowest BCUT2D eigenvalue weighted by molar-refractivity contribution is 0.136. The van der Waals surface area contributed by atoms with E-state index >= 15 is 0 Å². The van der Waals surface area contributed by atoms with Crippen LogP contribution in [-0.2, 0) is 7.05 Å². The zero-order valence-electron chi connectivity index (χ0n) is 11.4. The van der Waals surface area contributed by atoms with Crippen LogP contribution in [0.3, 0.4) is 0 Å². The van der Waals surface area contributed by atoms with Crippen LogP contribution in [0.25, 0.3) is 0 Å². The van der Waals surface area contributed by atoms with Gasteiger partial charge in [-0.1, -0.05) is 0 Å². The van der Waals surface area contributed by atoms with Gasteiger partial charge in [0.15, 0.2) is 0 Å². The van der Waals surface area contributed by atoms with Crippen LogP contribution in [-0.4, -0.2) is 46.5 Å². The second-order valence-corrected chi connectivity index (χ2v) is 4.91. The quantitative estimate of drug-likeness (QED) is 0.779. The summed E-state index contributed by atoms with van der Waals surface area (Å²) in [5.41, 5.74) is 8.75. The molecule has 0 saturated heterocycles. The summed E-state index contributed by atoms with van der Waals surface area (Å²) in [6.45, 7) is 4.73. The number of aliphatic hydroxyl groups is 1. The van der Waals surface area contributed by atoms with Gasteiger partial charge in [0.05, 0.1) is 11.8 Å². The van der Waals surface area contributed by atoms with Crippen LogP contribution in [0, 0.1) is 13.8 Å². The average molecular weight is 240 g/mol. The van der Waals surface area contributed by atoms with E-state index in [-0.39, 0.29) is 6.04 Å². The zero-order chi connectivity index (χ0) is 13.2. The highest BCUT2D eigenvalue weighted by molar-refractivity contribution is 5.27. The topological polar surface area (TPSA) is 67.3 Å². The number of rotatable bonds is 5. The Morgan fingerprint density at radius 1 is 1.41 bits per heavy atom. The van der Waals surface area contributed by atoms with Gasteiger partial charge in [0.25, 0.3) is 0 Å². The molecule has 2 atom stereocenters. The van der Waals surface area contributed by atoms with Crippen LogP contribution in [0.5, 0.6) is 0 Å². The van der Waals surface area contributed by atoms with Gasteiger partial charge in [-0.3, -0.25) is 4.68 Å². The smallest absolute Gasteiger partial charge is 0.0976 e. The van der Waals surface area contributed by atoms with Crippen molar-refractivity contribution in [2.45, 2.75) is 32.4 Å². The molecule has 1 heterocycles. The third kappa shape index (κ3) is 3.28. The minimum atomic E-state index is -0.636. The minimum Gasteiger partial charge on any atom is -0.387 e. The van der Waals surface area contributed by atoms with Crippen molar-refractivity contribution in [2.75, 3.05) is 20.6 Å². The summed E-state index contributed by atoms with van der Waals surface area (Å²) in [6.07, 6.45) is 0.130. The van der Waals surface area contributed by atoms with E-state index in [4.69, 9.17) is 5.73 Å². The number of hydrogen-bond donors (Lipinski definition) is 2. The van der Waals surface area contributed by atoms with Crippen molar-refractivity contribution in [1.82, 2.24) is 14.7 Å². The van der Waals surface area contributed by atoms with E-state index in [0.29, 0.717) is 0 Å². The molecule has 0 aliphatic rings. The average Bonchev–Trinajstić information content (AvgIpc) is 2.49. The molecule has 5 nitrogen and oxygen atoms in total. The number of hydrogen-bond acceptors (Lipinski definition) is 4. The first-order chi connectivity index (χ1) is 7.84. The molecule has 1 aromatic heterocycles. The maximum atomic E-state index is 10.3. The Hall–Kier alpha value is -0.910. The van der Waals surface area contributed by atoms with Crippen LogP contribution in [0.15, 0.2) is 0 Å². The number of aromatic nitrogens is 2. The fourth-order valence-corrected chi connectivity index (χ4v) is 2.00. The highest BCUT2D eigenvalue weighted by atomic mass is 16.3. The monoisotopic (exact) mass is 240 g/mol. The Balaban J connectivity index is 2.77. The van der Waals surface area contributed by atoms with Crippen LogP contribution >= 0.6 is 0 Å². The maximum Gasteiger partial charge on any atom is 0.0976 e. The summed E-state index contributed by atoms with van der Waals surface area (Å²) in [4.78, 5) is 2.07. The van der Waals surface area contributed by atoms with Crippen molar-refractivity contribution in [3.63, 3.8) is 0 Å². The lowest BCUT2D eigenvalue weighted by atomic mass is 9.99. The molecule has 0 spiro atoms. The van der Waals surface area contributed by atoms with E-state index in [1.54, 1.807) is 4.68 Å². The van der Waals surface area contributed by atoms with Gasteiger partial charge >= 0.3 is 0 Å². The fraction of sp³-hybridized carbons (Fsp3) is 0.750. The largest absolute Gasteiger partial charge is 0.387 e. The summed E-state index contributed by atoms with van der Waals surface area (Å²) in [7, 11) is 5.88. The van der Waals surface area contributed by atoms with Gasteiger partial charge in [0, 0.05) is 24.3 Å². The lowest BCUT2D eigenvalue weighted by Gasteiger charge is -2.21. The Morgan fingerprint density at radius 2 is 2.00 bits per heavy atom. The maximum absolute atomic E-state index is 10.3. The van der Waals surface area contributed by atoms with Gasteiger partial charge in [-0.15, -0.1) is 0 Å². The predicted octanol–water partition coefficient (Wildman–Crippen LogP) is 0.349. The van der Waals surface area contributed by atoms with E-state index in [1.165, 1.54) is 0 Å². The molecule has 98 valence electrons. The van der Waals surface area contributed by atoms with Crippen LogP contribution in [0.2, 0.25) is 0 Å². The molecule has 2 unspecified atom stereocenters. The molecule has 0 radical (unpaired) electrons. The Kier molecular flexibility index (Phi) is 4.68. The summed E-state index contributed by atoms with van der Waals surface area (Å²) >= 11 is 0. The lowest BCUT2D eigenvalue weighted by Crippen LogP contribution is -2.32. The van der Waals surface area contributed by atoms with Crippen LogP contribution in [0.4, 0.5) is 0 Å². The SMILES string of the molecule is Cc1nn(C)c(C)c1C(O)C(N)CCN(C)C. The van der Waals surface area contributed by atoms with E-state index < -0.39 is 6.10 Å². The zero-order valence-corrected chi connectivity index (χ0v) is 11.4. The number of nitrogens with zero attached hydrogens (tertiary/aromatic N) is 3. The van der Waals surface area contributed by atoms with E-state index in [1.807, 2.05) is 35.0 Å². The second-order valence-electron chi connectivity index (χ2n) is 4.91. The Bertz CT molecular complexity index is 373. The first-order valence-corrected chi connectivity index (χ1v) is 5.93. The van der Waals surface area contributed by atoms with E-state index in [2.05, 4.69) is 10.00 Å².